The van der Waals surface area contributed by atoms with Gasteiger partial charge in [0.05, 0.1) is 11.1 Å². The zero-order chi connectivity index (χ0) is 24.6. The number of aromatic nitrogens is 4. The lowest BCUT2D eigenvalue weighted by atomic mass is 10.1. The Morgan fingerprint density at radius 2 is 2.00 bits per heavy atom. The second-order valence-corrected chi connectivity index (χ2v) is 7.97. The van der Waals surface area contributed by atoms with Gasteiger partial charge in [-0.3, -0.25) is 9.59 Å². The molecule has 0 bridgehead atoms. The summed E-state index contributed by atoms with van der Waals surface area (Å²) in [6.45, 7) is 4.14. The van der Waals surface area contributed by atoms with Crippen molar-refractivity contribution >= 4 is 34.2 Å². The summed E-state index contributed by atoms with van der Waals surface area (Å²) in [6.07, 6.45) is 8.97. The largest absolute Gasteiger partial charge is 0.490 e. The molecule has 0 saturated heterocycles. The van der Waals surface area contributed by atoms with Crippen LogP contribution in [0, 0.1) is 0 Å². The number of aromatic amines is 1. The predicted molar refractivity (Wildman–Crippen MR) is 134 cm³/mol. The molecule has 4 aromatic rings. The molecule has 0 aliphatic rings. The number of nitrogens with one attached hydrogen (secondary N) is 2. The van der Waals surface area contributed by atoms with Crippen LogP contribution in [0.5, 0.6) is 5.75 Å². The second kappa shape index (κ2) is 11.3. The number of carbonyl (C=O) groups is 1. The van der Waals surface area contributed by atoms with Crippen LogP contribution in [0.25, 0.3) is 22.6 Å². The van der Waals surface area contributed by atoms with Gasteiger partial charge in [-0.1, -0.05) is 29.8 Å². The van der Waals surface area contributed by atoms with E-state index in [0.717, 1.165) is 19.3 Å². The SMILES string of the molecule is C=CCCC/C=C/COc1ccc(C(=O)Nc2cc(Cl)cc3c(=O)cc(-c4nnn[nH]4)oc23)cc1. The van der Waals surface area contributed by atoms with Crippen molar-refractivity contribution in [3.8, 4) is 17.3 Å². The molecule has 2 N–H and O–H groups in total. The van der Waals surface area contributed by atoms with E-state index in [1.807, 2.05) is 12.2 Å². The molecule has 178 valence electrons. The minimum atomic E-state index is -0.406. The third kappa shape index (κ3) is 6.01. The fraction of sp³-hybridized carbons (Fsp3) is 0.160. The number of H-pyrrole nitrogens is 1. The zero-order valence-electron chi connectivity index (χ0n) is 18.7. The van der Waals surface area contributed by atoms with Crippen LogP contribution in [0.4, 0.5) is 5.69 Å². The maximum absolute atomic E-state index is 12.9. The molecule has 0 aliphatic carbocycles. The Morgan fingerprint density at radius 3 is 2.74 bits per heavy atom. The summed E-state index contributed by atoms with van der Waals surface area (Å²) >= 11 is 6.18. The molecule has 2 heterocycles. The van der Waals surface area contributed by atoms with Crippen molar-refractivity contribution in [1.82, 2.24) is 20.6 Å². The summed E-state index contributed by atoms with van der Waals surface area (Å²) in [6, 6.07) is 11.0. The fourth-order valence-corrected chi connectivity index (χ4v) is 3.52. The molecule has 35 heavy (non-hydrogen) atoms. The molecule has 0 atom stereocenters. The minimum absolute atomic E-state index is 0.126. The Morgan fingerprint density at radius 1 is 1.17 bits per heavy atom. The number of benzene rings is 2. The highest BCUT2D eigenvalue weighted by Crippen LogP contribution is 2.29. The van der Waals surface area contributed by atoms with Gasteiger partial charge < -0.3 is 14.5 Å². The van der Waals surface area contributed by atoms with Gasteiger partial charge >= 0.3 is 0 Å². The van der Waals surface area contributed by atoms with Crippen LogP contribution < -0.4 is 15.5 Å². The van der Waals surface area contributed by atoms with Crippen LogP contribution in [0.1, 0.15) is 29.6 Å². The number of hydrogen-bond donors (Lipinski definition) is 2. The summed E-state index contributed by atoms with van der Waals surface area (Å²) < 4.78 is 11.5. The maximum atomic E-state index is 12.9. The topological polar surface area (TPSA) is 123 Å². The summed E-state index contributed by atoms with van der Waals surface area (Å²) in [5.41, 5.74) is 0.433. The number of allylic oxidation sites excluding steroid dienone is 2. The number of anilines is 1. The van der Waals surface area contributed by atoms with Crippen LogP contribution in [-0.4, -0.2) is 33.1 Å². The molecule has 0 unspecified atom stereocenters. The molecule has 0 saturated carbocycles. The van der Waals surface area contributed by atoms with Gasteiger partial charge in [0, 0.05) is 16.7 Å². The monoisotopic (exact) mass is 491 g/mol. The Labute approximate surface area is 205 Å². The molecule has 0 spiro atoms. The molecular weight excluding hydrogens is 470 g/mol. The highest BCUT2D eigenvalue weighted by atomic mass is 35.5. The first-order valence-corrected chi connectivity index (χ1v) is 11.2. The quantitative estimate of drug-likeness (QED) is 0.231. The number of fused-ring (bicyclic) bond motifs is 1. The average molecular weight is 492 g/mol. The number of amides is 1. The van der Waals surface area contributed by atoms with E-state index in [-0.39, 0.29) is 38.7 Å². The van der Waals surface area contributed by atoms with Crippen LogP contribution in [0.3, 0.4) is 0 Å². The first-order valence-electron chi connectivity index (χ1n) is 10.9. The Bertz CT molecular complexity index is 1410. The van der Waals surface area contributed by atoms with Crippen molar-refractivity contribution in [2.75, 3.05) is 11.9 Å². The van der Waals surface area contributed by atoms with Crippen LogP contribution in [0.15, 0.2) is 76.5 Å². The van der Waals surface area contributed by atoms with Gasteiger partial charge in [-0.05, 0) is 66.1 Å². The van der Waals surface area contributed by atoms with E-state index in [1.165, 1.54) is 18.2 Å². The summed E-state index contributed by atoms with van der Waals surface area (Å²) in [5, 5.41) is 16.5. The number of unbranched alkanes of at least 4 members (excludes halogenated alkanes) is 2. The summed E-state index contributed by atoms with van der Waals surface area (Å²) in [5.74, 6) is 0.540. The predicted octanol–water partition coefficient (Wildman–Crippen LogP) is 5.17. The van der Waals surface area contributed by atoms with Gasteiger partial charge in [-0.2, -0.15) is 0 Å². The lowest BCUT2D eigenvalue weighted by molar-refractivity contribution is 0.102. The molecule has 0 fully saturated rings. The van der Waals surface area contributed by atoms with Gasteiger partial charge in [0.15, 0.2) is 16.8 Å². The molecule has 2 aromatic carbocycles. The summed E-state index contributed by atoms with van der Waals surface area (Å²) in [4.78, 5) is 25.5. The van der Waals surface area contributed by atoms with Crippen LogP contribution in [0.2, 0.25) is 5.02 Å². The van der Waals surface area contributed by atoms with Gasteiger partial charge in [0.1, 0.15) is 12.4 Å². The van der Waals surface area contributed by atoms with Crippen LogP contribution in [-0.2, 0) is 0 Å². The van der Waals surface area contributed by atoms with Crippen molar-refractivity contribution in [3.63, 3.8) is 0 Å². The first-order chi connectivity index (χ1) is 17.0. The van der Waals surface area contributed by atoms with Gasteiger partial charge in [0.25, 0.3) is 5.91 Å². The van der Waals surface area contributed by atoms with Gasteiger partial charge in [-0.25, -0.2) is 5.10 Å². The maximum Gasteiger partial charge on any atom is 0.255 e. The van der Waals surface area contributed by atoms with E-state index in [4.69, 9.17) is 20.8 Å². The third-order valence-corrected chi connectivity index (χ3v) is 5.25. The van der Waals surface area contributed by atoms with E-state index >= 15 is 0 Å². The van der Waals surface area contributed by atoms with E-state index in [9.17, 15) is 9.59 Å². The number of halogens is 1. The highest BCUT2D eigenvalue weighted by molar-refractivity contribution is 6.32. The van der Waals surface area contributed by atoms with Gasteiger partial charge in [0.2, 0.25) is 5.82 Å². The number of rotatable bonds is 10. The fourth-order valence-electron chi connectivity index (χ4n) is 3.30. The van der Waals surface area contributed by atoms with Crippen molar-refractivity contribution in [2.45, 2.75) is 19.3 Å². The number of carbonyl (C=O) groups excluding carboxylic acids is 1. The van der Waals surface area contributed by atoms with E-state index in [0.29, 0.717) is 17.9 Å². The molecule has 1 amide bonds. The van der Waals surface area contributed by atoms with Crippen molar-refractivity contribution < 1.29 is 13.9 Å². The standard InChI is InChI=1S/C25H22ClN5O4/c1-2-3-4-5-6-7-12-34-18-10-8-16(9-11-18)25(33)27-20-14-17(26)13-19-21(32)15-22(35-23(19)20)24-28-30-31-29-24/h2,6-11,13-15H,1,3-5,12H2,(H,27,33)(H,28,29,30,31)/b7-6+. The van der Waals surface area contributed by atoms with E-state index in [1.54, 1.807) is 24.3 Å². The highest BCUT2D eigenvalue weighted by Gasteiger charge is 2.16. The Kier molecular flexibility index (Phi) is 7.69. The molecule has 0 radical (unpaired) electrons. The molecule has 10 heteroatoms. The van der Waals surface area contributed by atoms with E-state index in [2.05, 4.69) is 38.6 Å². The van der Waals surface area contributed by atoms with Crippen molar-refractivity contribution in [1.29, 1.82) is 0 Å². The first kappa shape index (κ1) is 23.9. The number of hydrogen-bond acceptors (Lipinski definition) is 7. The molecule has 9 nitrogen and oxygen atoms in total. The Hall–Kier alpha value is -4.24. The van der Waals surface area contributed by atoms with Crippen LogP contribution >= 0.6 is 11.6 Å². The molecule has 0 aliphatic heterocycles. The lowest BCUT2D eigenvalue weighted by Gasteiger charge is -2.10. The van der Waals surface area contributed by atoms with Crippen molar-refractivity contribution in [3.05, 3.63) is 88.1 Å². The zero-order valence-corrected chi connectivity index (χ0v) is 19.4. The minimum Gasteiger partial charge on any atom is -0.490 e. The van der Waals surface area contributed by atoms with Crippen molar-refractivity contribution in [2.24, 2.45) is 0 Å². The second-order valence-electron chi connectivity index (χ2n) is 7.54. The Balaban J connectivity index is 1.48. The van der Waals surface area contributed by atoms with Gasteiger partial charge in [-0.15, -0.1) is 11.7 Å². The van der Waals surface area contributed by atoms with E-state index < -0.39 is 5.91 Å². The lowest BCUT2D eigenvalue weighted by Crippen LogP contribution is -2.13. The summed E-state index contributed by atoms with van der Waals surface area (Å²) in [7, 11) is 0. The third-order valence-electron chi connectivity index (χ3n) is 5.03. The number of tetrazole rings is 1. The molecule has 4 rings (SSSR count). The normalized spacial score (nSPS) is 11.1. The smallest absolute Gasteiger partial charge is 0.255 e. The molecular formula is C25H22ClN5O4. The number of nitrogens with zero attached hydrogens (tertiary/aromatic N) is 3. The average Bonchev–Trinajstić information content (AvgIpc) is 3.39. The number of ether oxygens (including phenoxy) is 1. The molecule has 2 aromatic heterocycles.